The van der Waals surface area contributed by atoms with E-state index in [2.05, 4.69) is 366 Å². The summed E-state index contributed by atoms with van der Waals surface area (Å²) in [5.41, 5.74) is 33.8. The molecular formula is C125H77N13. The van der Waals surface area contributed by atoms with E-state index in [1.807, 2.05) is 104 Å². The molecule has 0 spiro atoms. The zero-order chi connectivity index (χ0) is 91.4. The number of rotatable bonds is 12. The lowest BCUT2D eigenvalue weighted by molar-refractivity contribution is 1.30. The lowest BCUT2D eigenvalue weighted by Gasteiger charge is -2.12. The van der Waals surface area contributed by atoms with Crippen molar-refractivity contribution in [2.45, 2.75) is 0 Å². The van der Waals surface area contributed by atoms with E-state index in [1.165, 1.54) is 32.7 Å². The highest BCUT2D eigenvalue weighted by molar-refractivity contribution is 6.15. The van der Waals surface area contributed by atoms with Gasteiger partial charge >= 0.3 is 0 Å². The lowest BCUT2D eigenvalue weighted by Crippen LogP contribution is -1.91. The topological polar surface area (TPSA) is 168 Å². The Labute approximate surface area is 792 Å². The molecule has 0 saturated heterocycles. The van der Waals surface area contributed by atoms with Crippen molar-refractivity contribution in [3.8, 4) is 135 Å². The smallest absolute Gasteiger partial charge is 0.0972 e. The van der Waals surface area contributed by atoms with Crippen molar-refractivity contribution < 1.29 is 0 Å². The van der Waals surface area contributed by atoms with Gasteiger partial charge in [0.1, 0.15) is 0 Å². The Bertz CT molecular complexity index is 9460. The number of pyridine rings is 13. The molecule has 0 amide bonds. The Kier molecular flexibility index (Phi) is 20.6. The summed E-state index contributed by atoms with van der Waals surface area (Å²) >= 11 is 0. The maximum Gasteiger partial charge on any atom is 0.0972 e. The zero-order valence-corrected chi connectivity index (χ0v) is 74.3. The van der Waals surface area contributed by atoms with Gasteiger partial charge in [0.15, 0.2) is 0 Å². The number of nitrogens with zero attached hydrogens (tertiary/aromatic N) is 13. The summed E-state index contributed by atoms with van der Waals surface area (Å²) in [6, 6.07) is 148. The van der Waals surface area contributed by atoms with Crippen molar-refractivity contribution in [3.05, 3.63) is 468 Å². The Balaban J connectivity index is 0.000000111. The predicted molar refractivity (Wildman–Crippen MR) is 566 cm³/mol. The predicted octanol–water partition coefficient (Wildman–Crippen LogP) is 31.0. The van der Waals surface area contributed by atoms with Gasteiger partial charge in [0.05, 0.1) is 106 Å². The first-order chi connectivity index (χ1) is 68.3. The maximum atomic E-state index is 5.15. The van der Waals surface area contributed by atoms with Crippen molar-refractivity contribution in [3.63, 3.8) is 0 Å². The van der Waals surface area contributed by atoms with Gasteiger partial charge in [-0.05, 0) is 194 Å². The molecule has 0 bridgehead atoms. The van der Waals surface area contributed by atoms with Crippen LogP contribution < -0.4 is 0 Å². The van der Waals surface area contributed by atoms with Crippen LogP contribution in [0.2, 0.25) is 0 Å². The fourth-order valence-electron chi connectivity index (χ4n) is 18.8. The van der Waals surface area contributed by atoms with Gasteiger partial charge in [-0.2, -0.15) is 0 Å². The van der Waals surface area contributed by atoms with Crippen molar-refractivity contribution >= 4 is 131 Å². The van der Waals surface area contributed by atoms with E-state index in [0.29, 0.717) is 0 Å². The largest absolute Gasteiger partial charge is 0.264 e. The van der Waals surface area contributed by atoms with Crippen LogP contribution in [0, 0.1) is 0 Å². The van der Waals surface area contributed by atoms with Gasteiger partial charge in [-0.15, -0.1) is 0 Å². The van der Waals surface area contributed by atoms with Crippen LogP contribution in [0.3, 0.4) is 0 Å². The average molecular weight is 1760 g/mol. The summed E-state index contributed by atoms with van der Waals surface area (Å²) in [5.74, 6) is 0. The van der Waals surface area contributed by atoms with Crippen molar-refractivity contribution in [1.82, 2.24) is 64.8 Å². The SMILES string of the molecule is c1ccc(-c2ccc3ccc4ccc(-c5ccc(-c6ccc7ccc(-c8ccc9ccc(-c%10cccnc%10)nc9c8)nc7c6)cc5)nc4c3n2)cc1.c1cncc(-c2ccc3ccc(-c4ccc5ccc(-c6cc7ccccc7c7ccccc67)cc5n4)cc3n2)c1.c1cncc(-c2ccc3ccc(-c4ccc5ccc(-c6ccc(-c7ccc8ccc9cccnc9c8n7)cc6)cc5n4)cc3n2)c1. The molecule has 0 aliphatic carbocycles. The molecule has 0 atom stereocenters. The van der Waals surface area contributed by atoms with Gasteiger partial charge in [0.25, 0.3) is 0 Å². The fraction of sp³-hybridized carbons (Fsp3) is 0. The van der Waals surface area contributed by atoms with Gasteiger partial charge in [-0.25, -0.2) is 44.9 Å². The normalized spacial score (nSPS) is 11.5. The van der Waals surface area contributed by atoms with Crippen molar-refractivity contribution in [2.24, 2.45) is 0 Å². The second-order valence-corrected chi connectivity index (χ2v) is 34.6. The monoisotopic (exact) mass is 1760 g/mol. The lowest BCUT2D eigenvalue weighted by atomic mass is 9.93. The Morgan fingerprint density at radius 2 is 0.384 bits per heavy atom. The molecule has 0 aliphatic heterocycles. The van der Waals surface area contributed by atoms with E-state index < -0.39 is 0 Å². The van der Waals surface area contributed by atoms with Gasteiger partial charge in [0, 0.05) is 147 Å². The van der Waals surface area contributed by atoms with Crippen molar-refractivity contribution in [1.29, 1.82) is 0 Å². The number of benzene rings is 14. The van der Waals surface area contributed by atoms with Crippen LogP contribution in [0.25, 0.3) is 265 Å². The summed E-state index contributed by atoms with van der Waals surface area (Å²) in [7, 11) is 0. The van der Waals surface area contributed by atoms with E-state index in [0.717, 1.165) is 233 Å². The molecule has 13 heterocycles. The first kappa shape index (κ1) is 81.2. The molecule has 0 fully saturated rings. The first-order valence-electron chi connectivity index (χ1n) is 46.0. The molecule has 13 aromatic heterocycles. The minimum atomic E-state index is 0.902. The third-order valence-electron chi connectivity index (χ3n) is 26.0. The van der Waals surface area contributed by atoms with E-state index in [-0.39, 0.29) is 0 Å². The van der Waals surface area contributed by atoms with Gasteiger partial charge in [0.2, 0.25) is 0 Å². The molecule has 642 valence electrons. The maximum absolute atomic E-state index is 5.15. The average Bonchev–Trinajstić information content (AvgIpc) is 0.749. The van der Waals surface area contributed by atoms with Gasteiger partial charge < -0.3 is 0 Å². The summed E-state index contributed by atoms with van der Waals surface area (Å²) in [6.45, 7) is 0. The molecule has 27 rings (SSSR count). The highest BCUT2D eigenvalue weighted by atomic mass is 14.8. The molecule has 14 aromatic carbocycles. The number of hydrogen-bond acceptors (Lipinski definition) is 13. The van der Waals surface area contributed by atoms with Gasteiger partial charge in [-0.3, -0.25) is 19.9 Å². The molecule has 13 nitrogen and oxygen atoms in total. The molecule has 0 aliphatic rings. The number of hydrogen-bond donors (Lipinski definition) is 0. The second kappa shape index (κ2) is 35.0. The van der Waals surface area contributed by atoms with E-state index in [9.17, 15) is 0 Å². The minimum Gasteiger partial charge on any atom is -0.264 e. The van der Waals surface area contributed by atoms with Crippen LogP contribution in [0.1, 0.15) is 0 Å². The number of fused-ring (bicyclic) bond motifs is 15. The van der Waals surface area contributed by atoms with Crippen LogP contribution >= 0.6 is 0 Å². The molecule has 0 unspecified atom stereocenters. The van der Waals surface area contributed by atoms with Crippen molar-refractivity contribution in [2.75, 3.05) is 0 Å². The molecular weight excluding hydrogens is 1680 g/mol. The highest BCUT2D eigenvalue weighted by Gasteiger charge is 2.18. The first-order valence-corrected chi connectivity index (χ1v) is 46.0. The molecule has 0 saturated carbocycles. The van der Waals surface area contributed by atoms with E-state index in [4.69, 9.17) is 44.9 Å². The summed E-state index contributed by atoms with van der Waals surface area (Å²) in [4.78, 5) is 62.7. The Morgan fingerprint density at radius 1 is 0.130 bits per heavy atom. The van der Waals surface area contributed by atoms with Crippen LogP contribution in [0.4, 0.5) is 0 Å². The second-order valence-electron chi connectivity index (χ2n) is 34.6. The van der Waals surface area contributed by atoms with Crippen LogP contribution in [0.15, 0.2) is 468 Å². The van der Waals surface area contributed by atoms with E-state index >= 15 is 0 Å². The van der Waals surface area contributed by atoms with Crippen LogP contribution in [-0.4, -0.2) is 64.8 Å². The van der Waals surface area contributed by atoms with E-state index in [1.54, 1.807) is 18.6 Å². The third-order valence-corrected chi connectivity index (χ3v) is 26.0. The Hall–Kier alpha value is -18.9. The quantitative estimate of drug-likeness (QED) is 0.106. The molecule has 0 N–H and O–H groups in total. The molecule has 13 heteroatoms. The standard InChI is InChI=1S/C47H29N5.C41H25N5.C37H23N3/c1-2-5-31(6-3-1)40-24-20-35-14-15-36-21-25-41(52-47(36)46(35)51-40)32-10-8-30(9-11-32)37-16-12-33-18-22-42(49-44(33)27-37)38-17-13-34-19-23-43(50-45(34)28-38)39-7-4-26-48-29-39;1-4-34(25-42-21-1)37-19-16-29-10-14-33(24-39(29)45-37)36-18-15-28-9-13-32(23-38(28)44-36)26-5-7-27(8-6-26)35-20-17-31-12-11-30-3-2-22-43-40(30)41(31)46-35;1-2-8-30-26(6-1)20-33(32-10-4-3-9-31(30)32)27-13-11-24-15-17-34(39-36(24)21-27)28-14-12-25-16-18-35(40-37(25)22-28)29-7-5-19-38-23-29/h1-29H;1-25H;1-23H. The third kappa shape index (κ3) is 15.9. The summed E-state index contributed by atoms with van der Waals surface area (Å²) < 4.78 is 0. The van der Waals surface area contributed by atoms with Crippen LogP contribution in [-0.2, 0) is 0 Å². The molecule has 0 radical (unpaired) electrons. The summed E-state index contributed by atoms with van der Waals surface area (Å²) in [6.07, 6.45) is 12.7. The fourth-order valence-corrected chi connectivity index (χ4v) is 18.8. The molecule has 27 aromatic rings. The summed E-state index contributed by atoms with van der Waals surface area (Å²) in [5, 5.41) is 16.0. The highest BCUT2D eigenvalue weighted by Crippen LogP contribution is 2.41. The minimum absolute atomic E-state index is 0.902. The zero-order valence-electron chi connectivity index (χ0n) is 74.3. The van der Waals surface area contributed by atoms with Gasteiger partial charge in [-0.1, -0.05) is 285 Å². The van der Waals surface area contributed by atoms with Crippen LogP contribution in [0.5, 0.6) is 0 Å². The number of aromatic nitrogens is 13. The molecule has 138 heavy (non-hydrogen) atoms. The Morgan fingerprint density at radius 3 is 0.775 bits per heavy atom.